The number of hydrogen-bond acceptors (Lipinski definition) is 5. The van der Waals surface area contributed by atoms with E-state index in [1.165, 1.54) is 6.21 Å². The Bertz CT molecular complexity index is 565. The van der Waals surface area contributed by atoms with Crippen molar-refractivity contribution in [3.8, 4) is 0 Å². The van der Waals surface area contributed by atoms with E-state index in [9.17, 15) is 9.59 Å². The summed E-state index contributed by atoms with van der Waals surface area (Å²) in [6, 6.07) is 8.00. The minimum absolute atomic E-state index is 0.0126. The Balaban J connectivity index is 2.36. The summed E-state index contributed by atoms with van der Waals surface area (Å²) >= 11 is 4.55. The number of rotatable bonds is 8. The van der Waals surface area contributed by atoms with E-state index in [1.54, 1.807) is 12.1 Å². The number of carboxylic acid groups (broad SMARTS) is 1. The maximum Gasteiger partial charge on any atom is 0.408 e. The van der Waals surface area contributed by atoms with E-state index in [2.05, 4.69) is 28.1 Å². The van der Waals surface area contributed by atoms with Gasteiger partial charge in [0, 0.05) is 6.21 Å². The predicted octanol–water partition coefficient (Wildman–Crippen LogP) is 0.965. The van der Waals surface area contributed by atoms with Crippen LogP contribution in [0.15, 0.2) is 35.4 Å². The molecule has 1 aromatic carbocycles. The zero-order valence-electron chi connectivity index (χ0n) is 12.3. The Hall–Kier alpha value is -2.68. The molecule has 0 saturated heterocycles. The molecule has 0 saturated carbocycles. The summed E-state index contributed by atoms with van der Waals surface area (Å²) in [5.41, 5.74) is 8.33. The monoisotopic (exact) mass is 338 g/mol. The molecule has 1 amide bonds. The molecule has 0 spiro atoms. The average molecular weight is 338 g/mol. The molecule has 9 heteroatoms. The molecular weight excluding hydrogens is 320 g/mol. The van der Waals surface area contributed by atoms with E-state index >= 15 is 0 Å². The highest BCUT2D eigenvalue weighted by Gasteiger charge is 2.19. The summed E-state index contributed by atoms with van der Waals surface area (Å²) in [5, 5.41) is 15.1. The molecule has 0 aliphatic carbocycles. The minimum atomic E-state index is -1.16. The molecule has 0 bridgehead atoms. The summed E-state index contributed by atoms with van der Waals surface area (Å²) in [6.07, 6.45) is 1.09. The topological polar surface area (TPSA) is 126 Å². The summed E-state index contributed by atoms with van der Waals surface area (Å²) in [4.78, 5) is 22.7. The number of aliphatic carboxylic acids is 1. The van der Waals surface area contributed by atoms with Crippen LogP contribution in [0.25, 0.3) is 0 Å². The third kappa shape index (κ3) is 8.37. The lowest BCUT2D eigenvalue weighted by atomic mass is 10.2. The van der Waals surface area contributed by atoms with Crippen molar-refractivity contribution in [2.45, 2.75) is 25.5 Å². The van der Waals surface area contributed by atoms with E-state index in [0.29, 0.717) is 6.42 Å². The zero-order chi connectivity index (χ0) is 17.1. The van der Waals surface area contributed by atoms with E-state index < -0.39 is 18.1 Å². The van der Waals surface area contributed by atoms with Gasteiger partial charge < -0.3 is 20.9 Å². The van der Waals surface area contributed by atoms with Crippen LogP contribution in [0.4, 0.5) is 4.79 Å². The molecule has 0 heterocycles. The van der Waals surface area contributed by atoms with Crippen LogP contribution in [0.2, 0.25) is 0 Å². The fraction of sp³-hybridized carbons (Fsp3) is 0.286. The zero-order valence-corrected chi connectivity index (χ0v) is 13.1. The molecule has 0 aromatic heterocycles. The highest BCUT2D eigenvalue weighted by Crippen LogP contribution is 2.02. The number of thiocarbonyl (C=S) groups is 1. The van der Waals surface area contributed by atoms with Crippen molar-refractivity contribution in [2.75, 3.05) is 0 Å². The Morgan fingerprint density at radius 3 is 2.70 bits per heavy atom. The number of carbonyl (C=O) groups excluding carboxylic acids is 1. The van der Waals surface area contributed by atoms with Gasteiger partial charge in [0.05, 0.1) is 0 Å². The molecule has 1 atom stereocenters. The van der Waals surface area contributed by atoms with Crippen LogP contribution in [0.5, 0.6) is 0 Å². The second-order valence-corrected chi connectivity index (χ2v) is 4.90. The number of ether oxygens (including phenoxy) is 1. The summed E-state index contributed by atoms with van der Waals surface area (Å²) in [5.74, 6) is -1.16. The Kier molecular flexibility index (Phi) is 8.08. The number of nitrogens with one attached hydrogen (secondary N) is 2. The number of carboxylic acids is 1. The Labute approximate surface area is 138 Å². The highest BCUT2D eigenvalue weighted by molar-refractivity contribution is 7.80. The molecular formula is C14H18N4O4S. The second kappa shape index (κ2) is 10.1. The molecule has 1 rings (SSSR count). The Morgan fingerprint density at radius 1 is 1.39 bits per heavy atom. The van der Waals surface area contributed by atoms with Crippen molar-refractivity contribution in [1.82, 2.24) is 10.7 Å². The first-order valence-corrected chi connectivity index (χ1v) is 7.17. The number of nitrogens with two attached hydrogens (primary N) is 1. The van der Waals surface area contributed by atoms with Crippen molar-refractivity contribution >= 4 is 35.6 Å². The summed E-state index contributed by atoms with van der Waals surface area (Å²) in [7, 11) is 0. The lowest BCUT2D eigenvalue weighted by Gasteiger charge is -2.13. The fourth-order valence-electron chi connectivity index (χ4n) is 1.58. The molecule has 8 nitrogen and oxygen atoms in total. The highest BCUT2D eigenvalue weighted by atomic mass is 32.1. The maximum absolute atomic E-state index is 11.6. The van der Waals surface area contributed by atoms with E-state index in [0.717, 1.165) is 5.56 Å². The largest absolute Gasteiger partial charge is 0.480 e. The summed E-state index contributed by atoms with van der Waals surface area (Å²) < 4.78 is 4.97. The quantitative estimate of drug-likeness (QED) is 0.316. The molecule has 0 fully saturated rings. The lowest BCUT2D eigenvalue weighted by Crippen LogP contribution is -2.41. The van der Waals surface area contributed by atoms with Gasteiger partial charge >= 0.3 is 12.1 Å². The van der Waals surface area contributed by atoms with E-state index in [-0.39, 0.29) is 18.1 Å². The van der Waals surface area contributed by atoms with Gasteiger partial charge in [-0.25, -0.2) is 9.59 Å². The van der Waals surface area contributed by atoms with Crippen LogP contribution < -0.4 is 16.5 Å². The molecule has 0 aliphatic rings. The molecule has 0 aliphatic heterocycles. The molecule has 1 aromatic rings. The predicted molar refractivity (Wildman–Crippen MR) is 88.8 cm³/mol. The third-order valence-electron chi connectivity index (χ3n) is 2.65. The fourth-order valence-corrected chi connectivity index (χ4v) is 1.63. The van der Waals surface area contributed by atoms with Gasteiger partial charge in [0.15, 0.2) is 5.11 Å². The Morgan fingerprint density at radius 2 is 2.09 bits per heavy atom. The number of alkyl carbamates (subject to hydrolysis) is 1. The van der Waals surface area contributed by atoms with Crippen molar-refractivity contribution in [2.24, 2.45) is 10.8 Å². The number of nitrogens with zero attached hydrogens (tertiary/aromatic N) is 1. The van der Waals surface area contributed by atoms with Gasteiger partial charge in [0.1, 0.15) is 12.6 Å². The van der Waals surface area contributed by atoms with Crippen LogP contribution in [0, 0.1) is 0 Å². The van der Waals surface area contributed by atoms with Crippen LogP contribution in [0.1, 0.15) is 18.4 Å². The van der Waals surface area contributed by atoms with E-state index in [1.807, 2.05) is 18.2 Å². The van der Waals surface area contributed by atoms with Gasteiger partial charge in [-0.3, -0.25) is 5.43 Å². The third-order valence-corrected chi connectivity index (χ3v) is 2.74. The summed E-state index contributed by atoms with van der Waals surface area (Å²) in [6.45, 7) is 0.0678. The molecule has 5 N–H and O–H groups in total. The van der Waals surface area contributed by atoms with Crippen LogP contribution in [-0.4, -0.2) is 34.5 Å². The number of benzene rings is 1. The van der Waals surface area contributed by atoms with Crippen LogP contribution in [0.3, 0.4) is 0 Å². The van der Waals surface area contributed by atoms with Gasteiger partial charge in [-0.05, 0) is 30.6 Å². The molecule has 0 radical (unpaired) electrons. The van der Waals surface area contributed by atoms with Crippen LogP contribution >= 0.6 is 12.2 Å². The maximum atomic E-state index is 11.6. The van der Waals surface area contributed by atoms with Crippen molar-refractivity contribution in [1.29, 1.82) is 0 Å². The lowest BCUT2D eigenvalue weighted by molar-refractivity contribution is -0.139. The van der Waals surface area contributed by atoms with Gasteiger partial charge in [-0.1, -0.05) is 30.3 Å². The SMILES string of the molecule is NC(=S)N/N=C\CC[C@H](NC(=O)OCc1ccccc1)C(=O)O. The first kappa shape index (κ1) is 18.4. The van der Waals surface area contributed by atoms with Gasteiger partial charge in [0.25, 0.3) is 0 Å². The smallest absolute Gasteiger partial charge is 0.408 e. The minimum Gasteiger partial charge on any atom is -0.480 e. The van der Waals surface area contributed by atoms with Crippen molar-refractivity contribution in [3.63, 3.8) is 0 Å². The number of hydrazone groups is 1. The van der Waals surface area contributed by atoms with Crippen LogP contribution in [-0.2, 0) is 16.1 Å². The van der Waals surface area contributed by atoms with Gasteiger partial charge in [0.2, 0.25) is 0 Å². The standard InChI is InChI=1S/C14H18N4O4S/c15-13(23)18-16-8-4-7-11(12(19)20)17-14(21)22-9-10-5-2-1-3-6-10/h1-3,5-6,8,11H,4,7,9H2,(H,17,21)(H,19,20)(H3,15,18,23)/b16-8-/t11-/m0/s1. The van der Waals surface area contributed by atoms with E-state index in [4.69, 9.17) is 15.6 Å². The first-order valence-electron chi connectivity index (χ1n) is 6.76. The van der Waals surface area contributed by atoms with Crippen molar-refractivity contribution < 1.29 is 19.4 Å². The number of hydrogen-bond donors (Lipinski definition) is 4. The number of carbonyl (C=O) groups is 2. The number of amides is 1. The first-order chi connectivity index (χ1) is 11.0. The molecule has 124 valence electrons. The average Bonchev–Trinajstić information content (AvgIpc) is 2.52. The normalized spacial score (nSPS) is 11.7. The molecule has 23 heavy (non-hydrogen) atoms. The van der Waals surface area contributed by atoms with Gasteiger partial charge in [-0.2, -0.15) is 5.10 Å². The van der Waals surface area contributed by atoms with Crippen molar-refractivity contribution in [3.05, 3.63) is 35.9 Å². The second-order valence-electron chi connectivity index (χ2n) is 4.46. The van der Waals surface area contributed by atoms with Gasteiger partial charge in [-0.15, -0.1) is 0 Å². The molecule has 0 unspecified atom stereocenters.